The number of urea groups is 1. The van der Waals surface area contributed by atoms with E-state index in [4.69, 9.17) is 16.3 Å². The third-order valence-corrected chi connectivity index (χ3v) is 3.85. The van der Waals surface area contributed by atoms with Crippen molar-refractivity contribution < 1.29 is 22.7 Å². The average molecular weight is 351 g/mol. The summed E-state index contributed by atoms with van der Waals surface area (Å²) in [6, 6.07) is 5.57. The number of rotatable bonds is 4. The smallest absolute Gasteiger partial charge is 0.381 e. The van der Waals surface area contributed by atoms with Gasteiger partial charge in [0.25, 0.3) is 0 Å². The van der Waals surface area contributed by atoms with Crippen molar-refractivity contribution in [1.29, 1.82) is 0 Å². The van der Waals surface area contributed by atoms with Crippen LogP contribution in [0.25, 0.3) is 0 Å². The number of benzene rings is 1. The minimum absolute atomic E-state index is 0.146. The lowest BCUT2D eigenvalue weighted by molar-refractivity contribution is -0.146. The lowest BCUT2D eigenvalue weighted by atomic mass is 10.1. The number of carbonyl (C=O) groups excluding carboxylic acids is 1. The van der Waals surface area contributed by atoms with Gasteiger partial charge in [0.2, 0.25) is 0 Å². The zero-order valence-corrected chi connectivity index (χ0v) is 13.2. The van der Waals surface area contributed by atoms with Crippen LogP contribution in [0.4, 0.5) is 18.0 Å². The predicted octanol–water partition coefficient (Wildman–Crippen LogP) is 3.59. The maximum atomic E-state index is 12.8. The Hall–Kier alpha value is -1.47. The molecule has 0 radical (unpaired) electrons. The van der Waals surface area contributed by atoms with Crippen LogP contribution in [0, 0.1) is 0 Å². The first kappa shape index (κ1) is 17.9. The van der Waals surface area contributed by atoms with E-state index in [1.807, 2.05) is 0 Å². The first-order chi connectivity index (χ1) is 10.8. The van der Waals surface area contributed by atoms with Gasteiger partial charge in [-0.15, -0.1) is 0 Å². The van der Waals surface area contributed by atoms with Crippen LogP contribution in [-0.2, 0) is 11.3 Å². The van der Waals surface area contributed by atoms with E-state index in [9.17, 15) is 18.0 Å². The van der Waals surface area contributed by atoms with E-state index < -0.39 is 24.8 Å². The fraction of sp³-hybridized carbons (Fsp3) is 0.533. The standard InChI is InChI=1S/C15H18ClF3N2O2/c16-12-3-1-11(2-4-12)9-20-14(22)21(10-15(17,18)19)13-5-7-23-8-6-13/h1-4,13H,5-10H2,(H,20,22). The first-order valence-corrected chi connectivity index (χ1v) is 7.66. The number of nitrogens with zero attached hydrogens (tertiary/aromatic N) is 1. The van der Waals surface area contributed by atoms with Crippen molar-refractivity contribution >= 4 is 17.6 Å². The predicted molar refractivity (Wildman–Crippen MR) is 80.3 cm³/mol. The molecule has 2 rings (SSSR count). The second-order valence-corrected chi connectivity index (χ2v) is 5.81. The third kappa shape index (κ3) is 5.91. The summed E-state index contributed by atoms with van der Waals surface area (Å²) in [6.45, 7) is -0.384. The summed E-state index contributed by atoms with van der Waals surface area (Å²) in [6.07, 6.45) is -3.62. The zero-order valence-electron chi connectivity index (χ0n) is 12.4. The number of carbonyl (C=O) groups is 1. The largest absolute Gasteiger partial charge is 0.406 e. The molecule has 2 amide bonds. The monoisotopic (exact) mass is 350 g/mol. The first-order valence-electron chi connectivity index (χ1n) is 7.28. The van der Waals surface area contributed by atoms with Crippen LogP contribution in [0.15, 0.2) is 24.3 Å². The number of amides is 2. The highest BCUT2D eigenvalue weighted by Gasteiger charge is 2.37. The number of ether oxygens (including phenoxy) is 1. The van der Waals surface area contributed by atoms with Crippen molar-refractivity contribution in [3.8, 4) is 0 Å². The van der Waals surface area contributed by atoms with E-state index in [0.717, 1.165) is 10.5 Å². The molecular formula is C15H18ClF3N2O2. The van der Waals surface area contributed by atoms with Crippen molar-refractivity contribution in [2.24, 2.45) is 0 Å². The van der Waals surface area contributed by atoms with Crippen molar-refractivity contribution in [1.82, 2.24) is 10.2 Å². The molecule has 128 valence electrons. The summed E-state index contributed by atoms with van der Waals surface area (Å²) in [4.78, 5) is 13.1. The summed E-state index contributed by atoms with van der Waals surface area (Å²) in [5, 5.41) is 3.10. The Bertz CT molecular complexity index is 516. The highest BCUT2D eigenvalue weighted by Crippen LogP contribution is 2.22. The third-order valence-electron chi connectivity index (χ3n) is 3.60. The molecule has 1 saturated heterocycles. The number of hydrogen-bond acceptors (Lipinski definition) is 2. The van der Waals surface area contributed by atoms with Gasteiger partial charge in [-0.2, -0.15) is 13.2 Å². The summed E-state index contributed by atoms with van der Waals surface area (Å²) < 4.78 is 43.4. The van der Waals surface area contributed by atoms with Crippen molar-refractivity contribution in [3.63, 3.8) is 0 Å². The Labute approximate surface area is 137 Å². The van der Waals surface area contributed by atoms with Crippen LogP contribution < -0.4 is 5.32 Å². The maximum absolute atomic E-state index is 12.8. The quantitative estimate of drug-likeness (QED) is 0.901. The molecule has 0 unspecified atom stereocenters. The fourth-order valence-electron chi connectivity index (χ4n) is 2.44. The molecule has 0 aromatic heterocycles. The molecule has 0 aliphatic carbocycles. The molecule has 0 saturated carbocycles. The summed E-state index contributed by atoms with van der Waals surface area (Å²) in [5.74, 6) is 0. The molecule has 4 nitrogen and oxygen atoms in total. The Balaban J connectivity index is 1.98. The van der Waals surface area contributed by atoms with Gasteiger partial charge in [0, 0.05) is 30.8 Å². The van der Waals surface area contributed by atoms with Crippen LogP contribution in [0.2, 0.25) is 5.02 Å². The van der Waals surface area contributed by atoms with Gasteiger partial charge in [0.1, 0.15) is 6.54 Å². The molecule has 1 heterocycles. The van der Waals surface area contributed by atoms with Crippen LogP contribution in [0.3, 0.4) is 0 Å². The van der Waals surface area contributed by atoms with Crippen LogP contribution in [0.5, 0.6) is 0 Å². The number of hydrogen-bond donors (Lipinski definition) is 1. The molecule has 1 aliphatic heterocycles. The highest BCUT2D eigenvalue weighted by molar-refractivity contribution is 6.30. The molecule has 23 heavy (non-hydrogen) atoms. The molecule has 1 aliphatic rings. The highest BCUT2D eigenvalue weighted by atomic mass is 35.5. The second kappa shape index (κ2) is 7.88. The van der Waals surface area contributed by atoms with E-state index in [0.29, 0.717) is 31.1 Å². The zero-order chi connectivity index (χ0) is 16.9. The molecule has 1 aromatic carbocycles. The van der Waals surface area contributed by atoms with Crippen LogP contribution >= 0.6 is 11.6 Å². The van der Waals surface area contributed by atoms with Gasteiger partial charge in [0.05, 0.1) is 0 Å². The number of alkyl halides is 3. The molecular weight excluding hydrogens is 333 g/mol. The maximum Gasteiger partial charge on any atom is 0.406 e. The van der Waals surface area contributed by atoms with Gasteiger partial charge >= 0.3 is 12.2 Å². The topological polar surface area (TPSA) is 41.6 Å². The van der Waals surface area contributed by atoms with E-state index in [1.54, 1.807) is 24.3 Å². The van der Waals surface area contributed by atoms with E-state index in [-0.39, 0.29) is 6.54 Å². The fourth-order valence-corrected chi connectivity index (χ4v) is 2.56. The van der Waals surface area contributed by atoms with Gasteiger partial charge in [-0.1, -0.05) is 23.7 Å². The summed E-state index contributed by atoms with van der Waals surface area (Å²) >= 11 is 5.77. The Morgan fingerprint density at radius 2 is 1.87 bits per heavy atom. The molecule has 1 fully saturated rings. The molecule has 8 heteroatoms. The van der Waals surface area contributed by atoms with E-state index in [2.05, 4.69) is 5.32 Å². The minimum atomic E-state index is -4.43. The van der Waals surface area contributed by atoms with Crippen LogP contribution in [-0.4, -0.2) is 42.9 Å². The van der Waals surface area contributed by atoms with Gasteiger partial charge in [0.15, 0.2) is 0 Å². The second-order valence-electron chi connectivity index (χ2n) is 5.37. The van der Waals surface area contributed by atoms with Gasteiger partial charge in [-0.25, -0.2) is 4.79 Å². The summed E-state index contributed by atoms with van der Waals surface area (Å²) in [5.41, 5.74) is 0.765. The van der Waals surface area contributed by atoms with Crippen molar-refractivity contribution in [2.75, 3.05) is 19.8 Å². The van der Waals surface area contributed by atoms with E-state index >= 15 is 0 Å². The lowest BCUT2D eigenvalue weighted by Crippen LogP contribution is -2.51. The number of nitrogens with one attached hydrogen (secondary N) is 1. The molecule has 1 aromatic rings. The normalized spacial score (nSPS) is 16.2. The van der Waals surface area contributed by atoms with Gasteiger partial charge < -0.3 is 15.0 Å². The molecule has 0 bridgehead atoms. The molecule has 0 atom stereocenters. The van der Waals surface area contributed by atoms with E-state index in [1.165, 1.54) is 0 Å². The SMILES string of the molecule is O=C(NCc1ccc(Cl)cc1)N(CC(F)(F)F)C1CCOCC1. The Kier molecular flexibility index (Phi) is 6.12. The summed E-state index contributed by atoms with van der Waals surface area (Å²) in [7, 11) is 0. The minimum Gasteiger partial charge on any atom is -0.381 e. The van der Waals surface area contributed by atoms with Gasteiger partial charge in [-0.3, -0.25) is 0 Å². The Morgan fingerprint density at radius 1 is 1.26 bits per heavy atom. The molecule has 1 N–H and O–H groups in total. The van der Waals surface area contributed by atoms with Crippen LogP contribution in [0.1, 0.15) is 18.4 Å². The molecule has 0 spiro atoms. The Morgan fingerprint density at radius 3 is 2.43 bits per heavy atom. The lowest BCUT2D eigenvalue weighted by Gasteiger charge is -2.34. The average Bonchev–Trinajstić information content (AvgIpc) is 2.52. The van der Waals surface area contributed by atoms with Gasteiger partial charge in [-0.05, 0) is 30.5 Å². The van der Waals surface area contributed by atoms with Crippen molar-refractivity contribution in [2.45, 2.75) is 31.6 Å². The number of halogens is 4. The van der Waals surface area contributed by atoms with Crippen molar-refractivity contribution in [3.05, 3.63) is 34.9 Å².